The van der Waals surface area contributed by atoms with Crippen molar-refractivity contribution in [2.24, 2.45) is 0 Å². The number of H-pyrrole nitrogens is 2. The van der Waals surface area contributed by atoms with Crippen LogP contribution in [0.2, 0.25) is 5.15 Å². The Hall–Kier alpha value is -4.37. The minimum absolute atomic E-state index is 0.0140. The smallest absolute Gasteiger partial charge is 0.254 e. The minimum Gasteiger partial charge on any atom is -0.362 e. The molecule has 0 radical (unpaired) electrons. The van der Waals surface area contributed by atoms with Gasteiger partial charge in [-0.1, -0.05) is 29.8 Å². The van der Waals surface area contributed by atoms with E-state index in [4.69, 9.17) is 16.6 Å². The van der Waals surface area contributed by atoms with Gasteiger partial charge in [-0.3, -0.25) is 9.20 Å². The van der Waals surface area contributed by atoms with E-state index < -0.39 is 0 Å². The summed E-state index contributed by atoms with van der Waals surface area (Å²) in [5.74, 6) is 1.49. The zero-order valence-corrected chi connectivity index (χ0v) is 21.5. The number of fused-ring (bicyclic) bond motifs is 3. The third kappa shape index (κ3) is 3.78. The van der Waals surface area contributed by atoms with Crippen molar-refractivity contribution in [3.05, 3.63) is 77.6 Å². The summed E-state index contributed by atoms with van der Waals surface area (Å²) in [6.45, 7) is 3.19. The number of halogens is 1. The lowest BCUT2D eigenvalue weighted by Crippen LogP contribution is -2.45. The Balaban J connectivity index is 1.19. The number of para-hydroxylation sites is 1. The molecule has 2 aromatic carbocycles. The lowest BCUT2D eigenvalue weighted by molar-refractivity contribution is 0.0715. The van der Waals surface area contributed by atoms with Gasteiger partial charge >= 0.3 is 0 Å². The molecule has 5 heterocycles. The second-order valence-electron chi connectivity index (χ2n) is 9.76. The Kier molecular flexibility index (Phi) is 5.33. The molecule has 1 atom stereocenters. The summed E-state index contributed by atoms with van der Waals surface area (Å²) in [6.07, 6.45) is 7.30. The number of likely N-dealkylation sites (tertiary alicyclic amines) is 1. The fraction of sp³-hybridized carbons (Fsp3) is 0.214. The molecule has 0 saturated carbocycles. The Bertz CT molecular complexity index is 1830. The highest BCUT2D eigenvalue weighted by Gasteiger charge is 2.27. The second kappa shape index (κ2) is 8.88. The average Bonchev–Trinajstić information content (AvgIpc) is 3.67. The van der Waals surface area contributed by atoms with Crippen LogP contribution in [-0.4, -0.2) is 59.3 Å². The summed E-state index contributed by atoms with van der Waals surface area (Å²) in [4.78, 5) is 35.8. The summed E-state index contributed by atoms with van der Waals surface area (Å²) < 4.78 is 1.85. The van der Waals surface area contributed by atoms with Crippen LogP contribution >= 0.6 is 11.6 Å². The van der Waals surface area contributed by atoms with Gasteiger partial charge in [0, 0.05) is 59.8 Å². The van der Waals surface area contributed by atoms with Gasteiger partial charge in [0.2, 0.25) is 0 Å². The first kappa shape index (κ1) is 22.8. The van der Waals surface area contributed by atoms with Crippen molar-refractivity contribution in [3.63, 3.8) is 0 Å². The number of hydrogen-bond donors (Lipinski definition) is 3. The van der Waals surface area contributed by atoms with Crippen LogP contribution in [0.1, 0.15) is 29.0 Å². The maximum absolute atomic E-state index is 13.4. The molecule has 190 valence electrons. The van der Waals surface area contributed by atoms with Crippen LogP contribution < -0.4 is 5.32 Å². The highest BCUT2D eigenvalue weighted by molar-refractivity contribution is 6.32. The molecule has 4 aromatic heterocycles. The number of hydrogen-bond acceptors (Lipinski definition) is 5. The highest BCUT2D eigenvalue weighted by Crippen LogP contribution is 2.35. The van der Waals surface area contributed by atoms with Crippen LogP contribution in [0.4, 0.5) is 5.82 Å². The van der Waals surface area contributed by atoms with Gasteiger partial charge in [-0.25, -0.2) is 15.0 Å². The molecule has 1 amide bonds. The van der Waals surface area contributed by atoms with Crippen LogP contribution in [0.15, 0.2) is 61.1 Å². The first-order valence-electron chi connectivity index (χ1n) is 12.7. The molecule has 38 heavy (non-hydrogen) atoms. The molecule has 10 heteroatoms. The molecule has 1 aliphatic heterocycles. The van der Waals surface area contributed by atoms with Crippen LogP contribution in [0.25, 0.3) is 38.8 Å². The maximum Gasteiger partial charge on any atom is 0.254 e. The van der Waals surface area contributed by atoms with E-state index in [2.05, 4.69) is 31.3 Å². The zero-order chi connectivity index (χ0) is 25.8. The van der Waals surface area contributed by atoms with E-state index in [0.29, 0.717) is 41.0 Å². The third-order valence-electron chi connectivity index (χ3n) is 7.22. The number of anilines is 1. The van der Waals surface area contributed by atoms with Gasteiger partial charge in [0.25, 0.3) is 5.91 Å². The SMILES string of the molecule is Cc1nc2ccc(C(=O)N3CCC[C@H](Nc4nc(-c5c[nH]c6ccccc56)c(Cl)n5ccnc45)C3)cc2[nH]1. The monoisotopic (exact) mass is 524 g/mol. The number of carbonyl (C=O) groups excluding carboxylic acids is 1. The molecule has 9 nitrogen and oxygen atoms in total. The topological polar surface area (TPSA) is 107 Å². The van der Waals surface area contributed by atoms with Crippen molar-refractivity contribution in [1.82, 2.24) is 34.2 Å². The van der Waals surface area contributed by atoms with Crippen molar-refractivity contribution in [1.29, 1.82) is 0 Å². The molecular weight excluding hydrogens is 500 g/mol. The third-order valence-corrected chi connectivity index (χ3v) is 7.59. The van der Waals surface area contributed by atoms with Gasteiger partial charge in [-0.05, 0) is 44.0 Å². The van der Waals surface area contributed by atoms with Crippen LogP contribution in [-0.2, 0) is 0 Å². The van der Waals surface area contributed by atoms with Gasteiger partial charge < -0.3 is 20.2 Å². The van der Waals surface area contributed by atoms with E-state index in [1.165, 1.54) is 0 Å². The molecule has 0 unspecified atom stereocenters. The summed E-state index contributed by atoms with van der Waals surface area (Å²) in [5, 5.41) is 5.13. The fourth-order valence-corrected chi connectivity index (χ4v) is 5.70. The molecule has 0 bridgehead atoms. The molecule has 3 N–H and O–H groups in total. The van der Waals surface area contributed by atoms with E-state index in [9.17, 15) is 4.79 Å². The maximum atomic E-state index is 13.4. The van der Waals surface area contributed by atoms with E-state index >= 15 is 0 Å². The number of aromatic amines is 2. The Morgan fingerprint density at radius 3 is 2.97 bits per heavy atom. The standard InChI is InChI=1S/C28H25ClN8O/c1-16-32-22-9-8-17(13-23(22)33-16)28(38)36-11-4-5-18(15-36)34-26-27-30-10-12-37(27)25(29)24(35-26)20-14-31-21-7-3-2-6-19(20)21/h2-3,6-10,12-14,18,31H,4-5,11,15H2,1H3,(H,32,33)(H,34,35)/t18-/m0/s1. The summed E-state index contributed by atoms with van der Waals surface area (Å²) in [7, 11) is 0. The number of benzene rings is 2. The normalized spacial score (nSPS) is 16.1. The number of nitrogens with one attached hydrogen (secondary N) is 3. The Morgan fingerprint density at radius 1 is 1.16 bits per heavy atom. The van der Waals surface area contributed by atoms with Crippen molar-refractivity contribution in [3.8, 4) is 11.3 Å². The van der Waals surface area contributed by atoms with E-state index in [1.54, 1.807) is 6.20 Å². The fourth-order valence-electron chi connectivity index (χ4n) is 5.42. The predicted molar refractivity (Wildman–Crippen MR) is 149 cm³/mol. The minimum atomic E-state index is 0.0140. The van der Waals surface area contributed by atoms with Crippen molar-refractivity contribution in [2.45, 2.75) is 25.8 Å². The zero-order valence-electron chi connectivity index (χ0n) is 20.7. The molecule has 0 spiro atoms. The van der Waals surface area contributed by atoms with E-state index in [-0.39, 0.29) is 11.9 Å². The second-order valence-corrected chi connectivity index (χ2v) is 10.1. The number of carbonyl (C=O) groups is 1. The first-order valence-corrected chi connectivity index (χ1v) is 13.0. The number of aryl methyl sites for hydroxylation is 1. The Labute approximate surface area is 222 Å². The largest absolute Gasteiger partial charge is 0.362 e. The van der Waals surface area contributed by atoms with Crippen molar-refractivity contribution < 1.29 is 4.79 Å². The van der Waals surface area contributed by atoms with Gasteiger partial charge in [0.1, 0.15) is 16.7 Å². The summed E-state index contributed by atoms with van der Waals surface area (Å²) >= 11 is 6.82. The Morgan fingerprint density at radius 2 is 2.05 bits per heavy atom. The number of amides is 1. The quantitative estimate of drug-likeness (QED) is 0.285. The van der Waals surface area contributed by atoms with Gasteiger partial charge in [-0.15, -0.1) is 0 Å². The average molecular weight is 525 g/mol. The molecule has 0 aliphatic carbocycles. The van der Waals surface area contributed by atoms with E-state index in [1.807, 2.05) is 65.0 Å². The summed E-state index contributed by atoms with van der Waals surface area (Å²) in [6, 6.07) is 13.7. The van der Waals surface area contributed by atoms with Crippen molar-refractivity contribution in [2.75, 3.05) is 18.4 Å². The number of rotatable bonds is 4. The van der Waals surface area contributed by atoms with Crippen molar-refractivity contribution >= 4 is 50.9 Å². The lowest BCUT2D eigenvalue weighted by Gasteiger charge is -2.33. The number of nitrogens with zero attached hydrogens (tertiary/aromatic N) is 5. The molecular formula is C28H25ClN8O. The predicted octanol–water partition coefficient (Wildman–Crippen LogP) is 5.43. The molecule has 7 rings (SSSR count). The van der Waals surface area contributed by atoms with Gasteiger partial charge in [0.15, 0.2) is 11.5 Å². The molecule has 1 saturated heterocycles. The van der Waals surface area contributed by atoms with Gasteiger partial charge in [-0.2, -0.15) is 0 Å². The van der Waals surface area contributed by atoms with Crippen LogP contribution in [0.5, 0.6) is 0 Å². The molecule has 1 fully saturated rings. The van der Waals surface area contributed by atoms with Gasteiger partial charge in [0.05, 0.1) is 11.0 Å². The first-order chi connectivity index (χ1) is 18.5. The highest BCUT2D eigenvalue weighted by atomic mass is 35.5. The van der Waals surface area contributed by atoms with E-state index in [0.717, 1.165) is 46.2 Å². The summed E-state index contributed by atoms with van der Waals surface area (Å²) in [5.41, 5.74) is 5.66. The lowest BCUT2D eigenvalue weighted by atomic mass is 10.0. The van der Waals surface area contributed by atoms with Crippen LogP contribution in [0.3, 0.4) is 0 Å². The molecule has 6 aromatic rings. The number of imidazole rings is 2. The molecule has 1 aliphatic rings. The number of piperidine rings is 1. The van der Waals surface area contributed by atoms with Crippen LogP contribution in [0, 0.1) is 6.92 Å². The number of aromatic nitrogens is 6.